The van der Waals surface area contributed by atoms with Crippen molar-refractivity contribution in [2.45, 2.75) is 6.54 Å². The Balaban J connectivity index is 2.33. The van der Waals surface area contributed by atoms with Crippen LogP contribution < -0.4 is 10.4 Å². The average Bonchev–Trinajstić information content (AvgIpc) is 2.97. The number of benzene rings is 1. The first kappa shape index (κ1) is 7.29. The molecule has 3 heterocycles. The smallest absolute Gasteiger partial charge is 0.0653 e. The van der Waals surface area contributed by atoms with E-state index in [4.69, 9.17) is 0 Å². The highest BCUT2D eigenvalue weighted by molar-refractivity contribution is 6.03. The number of aliphatic imine (C=N–C) groups is 3. The summed E-state index contributed by atoms with van der Waals surface area (Å²) in [4.78, 5) is 12.8. The summed E-state index contributed by atoms with van der Waals surface area (Å²) in [6.45, 7) is 0.776. The molecule has 3 aliphatic rings. The lowest BCUT2D eigenvalue weighted by molar-refractivity contribution is 1.10. The Labute approximate surface area is 85.9 Å². The summed E-state index contributed by atoms with van der Waals surface area (Å²) in [6.07, 6.45) is 9.61. The lowest BCUT2D eigenvalue weighted by Crippen LogP contribution is -2.31. The van der Waals surface area contributed by atoms with E-state index in [0.717, 1.165) is 6.54 Å². The van der Waals surface area contributed by atoms with Crippen LogP contribution >= 0.6 is 0 Å². The van der Waals surface area contributed by atoms with Gasteiger partial charge in [0.1, 0.15) is 0 Å². The molecule has 0 aliphatic carbocycles. The molecular formula is C12H7N3. The van der Waals surface area contributed by atoms with E-state index in [2.05, 4.69) is 15.0 Å². The third-order valence-corrected chi connectivity index (χ3v) is 3.10. The van der Waals surface area contributed by atoms with Crippen molar-refractivity contribution < 1.29 is 0 Å². The molecule has 0 spiro atoms. The zero-order chi connectivity index (χ0) is 9.83. The molecule has 15 heavy (non-hydrogen) atoms. The largest absolute Gasteiger partial charge is 0.288 e. The molecular weight excluding hydrogens is 186 g/mol. The van der Waals surface area contributed by atoms with Crippen molar-refractivity contribution in [3.05, 3.63) is 32.7 Å². The summed E-state index contributed by atoms with van der Waals surface area (Å²) in [5.41, 5.74) is 4.95. The van der Waals surface area contributed by atoms with Gasteiger partial charge in [-0.25, -0.2) is 0 Å². The Morgan fingerprint density at radius 2 is 1.53 bits per heavy atom. The monoisotopic (exact) mass is 193 g/mol. The predicted molar refractivity (Wildman–Crippen MR) is 61.1 cm³/mol. The minimum atomic E-state index is 0.776. The van der Waals surface area contributed by atoms with E-state index in [1.807, 2.05) is 31.0 Å². The fraction of sp³-hybridized carbons (Fsp3) is 0.0833. The second-order valence-corrected chi connectivity index (χ2v) is 3.83. The Morgan fingerprint density at radius 3 is 2.40 bits per heavy atom. The molecule has 0 atom stereocenters. The zero-order valence-corrected chi connectivity index (χ0v) is 7.94. The van der Waals surface area contributed by atoms with Gasteiger partial charge in [0, 0.05) is 58.2 Å². The number of nitrogens with zero attached hydrogens (tertiary/aromatic N) is 3. The van der Waals surface area contributed by atoms with Crippen LogP contribution in [0, 0.1) is 0 Å². The van der Waals surface area contributed by atoms with E-state index in [0.29, 0.717) is 0 Å². The molecule has 0 radical (unpaired) electrons. The Bertz CT molecular complexity index is 691. The molecule has 0 N–H and O–H groups in total. The van der Waals surface area contributed by atoms with Crippen molar-refractivity contribution in [2.24, 2.45) is 15.0 Å². The van der Waals surface area contributed by atoms with Gasteiger partial charge in [-0.15, -0.1) is 0 Å². The van der Waals surface area contributed by atoms with E-state index in [1.165, 1.54) is 32.7 Å². The minimum Gasteiger partial charge on any atom is -0.288 e. The van der Waals surface area contributed by atoms with Crippen LogP contribution in [-0.4, -0.2) is 18.6 Å². The summed E-state index contributed by atoms with van der Waals surface area (Å²) in [6, 6.07) is 0. The maximum atomic E-state index is 4.33. The summed E-state index contributed by atoms with van der Waals surface area (Å²) < 4.78 is 0. The molecule has 1 aromatic carbocycles. The van der Waals surface area contributed by atoms with Crippen molar-refractivity contribution in [1.29, 1.82) is 0 Å². The molecule has 0 saturated carbocycles. The summed E-state index contributed by atoms with van der Waals surface area (Å²) in [5.74, 6) is 0. The highest BCUT2D eigenvalue weighted by Gasteiger charge is 2.20. The number of hydrogen-bond acceptors (Lipinski definition) is 3. The minimum absolute atomic E-state index is 0.776. The van der Waals surface area contributed by atoms with Crippen molar-refractivity contribution >= 4 is 31.0 Å². The molecule has 3 heteroatoms. The first-order valence-electron chi connectivity index (χ1n) is 4.90. The molecule has 4 rings (SSSR count). The fourth-order valence-electron chi connectivity index (χ4n) is 2.39. The molecule has 0 amide bonds. The Morgan fingerprint density at radius 1 is 0.800 bits per heavy atom. The average molecular weight is 193 g/mol. The van der Waals surface area contributed by atoms with Gasteiger partial charge in [0.2, 0.25) is 0 Å². The van der Waals surface area contributed by atoms with E-state index in [1.54, 1.807) is 0 Å². The molecule has 1 aromatic rings. The lowest BCUT2D eigenvalue weighted by atomic mass is 9.96. The van der Waals surface area contributed by atoms with Crippen LogP contribution in [0.4, 0.5) is 0 Å². The Kier molecular flexibility index (Phi) is 1.12. The fourth-order valence-corrected chi connectivity index (χ4v) is 2.39. The van der Waals surface area contributed by atoms with Crippen LogP contribution in [0.1, 0.15) is 22.3 Å². The molecule has 0 aromatic heterocycles. The third-order valence-electron chi connectivity index (χ3n) is 3.10. The molecule has 0 bridgehead atoms. The van der Waals surface area contributed by atoms with E-state index in [-0.39, 0.29) is 0 Å². The molecule has 3 nitrogen and oxygen atoms in total. The van der Waals surface area contributed by atoms with Crippen LogP contribution in [0.2, 0.25) is 0 Å². The normalized spacial score (nSPS) is 17.3. The summed E-state index contributed by atoms with van der Waals surface area (Å²) >= 11 is 0. The highest BCUT2D eigenvalue weighted by atomic mass is 14.8. The maximum Gasteiger partial charge on any atom is 0.0653 e. The zero-order valence-electron chi connectivity index (χ0n) is 7.94. The van der Waals surface area contributed by atoms with E-state index in [9.17, 15) is 0 Å². The number of fused-ring (bicyclic) bond motifs is 6. The topological polar surface area (TPSA) is 37.1 Å². The quantitative estimate of drug-likeness (QED) is 0.554. The maximum absolute atomic E-state index is 4.33. The molecule has 0 unspecified atom stereocenters. The summed E-state index contributed by atoms with van der Waals surface area (Å²) in [7, 11) is 0. The third kappa shape index (κ3) is 0.745. The van der Waals surface area contributed by atoms with Crippen LogP contribution in [0.15, 0.2) is 15.0 Å². The van der Waals surface area contributed by atoms with Crippen LogP contribution in [0.3, 0.4) is 0 Å². The molecule has 3 aliphatic heterocycles. The second-order valence-electron chi connectivity index (χ2n) is 3.83. The van der Waals surface area contributed by atoms with Crippen LogP contribution in [0.25, 0.3) is 12.4 Å². The van der Waals surface area contributed by atoms with Gasteiger partial charge in [-0.2, -0.15) is 0 Å². The van der Waals surface area contributed by atoms with Gasteiger partial charge in [-0.1, -0.05) is 0 Å². The first-order chi connectivity index (χ1) is 7.45. The van der Waals surface area contributed by atoms with E-state index >= 15 is 0 Å². The van der Waals surface area contributed by atoms with Gasteiger partial charge in [0.15, 0.2) is 0 Å². The molecule has 70 valence electrons. The van der Waals surface area contributed by atoms with Gasteiger partial charge < -0.3 is 0 Å². The van der Waals surface area contributed by atoms with E-state index < -0.39 is 0 Å². The number of rotatable bonds is 0. The summed E-state index contributed by atoms with van der Waals surface area (Å²) in [5, 5.41) is 2.39. The lowest BCUT2D eigenvalue weighted by Gasteiger charge is -2.04. The van der Waals surface area contributed by atoms with Crippen molar-refractivity contribution in [1.82, 2.24) is 0 Å². The van der Waals surface area contributed by atoms with Gasteiger partial charge in [-0.3, -0.25) is 15.0 Å². The van der Waals surface area contributed by atoms with Gasteiger partial charge in [0.05, 0.1) is 6.54 Å². The molecule has 0 saturated heterocycles. The number of hydrogen-bond donors (Lipinski definition) is 0. The van der Waals surface area contributed by atoms with Crippen molar-refractivity contribution in [3.8, 4) is 0 Å². The van der Waals surface area contributed by atoms with Gasteiger partial charge in [-0.05, 0) is 5.56 Å². The Hall–Kier alpha value is -2.03. The van der Waals surface area contributed by atoms with Gasteiger partial charge >= 0.3 is 0 Å². The van der Waals surface area contributed by atoms with Crippen LogP contribution in [0.5, 0.6) is 0 Å². The SMILES string of the molecule is C1=NC=c2c1c1c(c3c2=CN=C3)CN=C1. The van der Waals surface area contributed by atoms with Crippen LogP contribution in [-0.2, 0) is 6.54 Å². The highest BCUT2D eigenvalue weighted by Crippen LogP contribution is 2.19. The van der Waals surface area contributed by atoms with Crippen molar-refractivity contribution in [2.75, 3.05) is 0 Å². The van der Waals surface area contributed by atoms with Gasteiger partial charge in [0.25, 0.3) is 0 Å². The van der Waals surface area contributed by atoms with Crippen molar-refractivity contribution in [3.63, 3.8) is 0 Å². The first-order valence-corrected chi connectivity index (χ1v) is 4.90. The molecule has 0 fully saturated rings. The predicted octanol–water partition coefficient (Wildman–Crippen LogP) is -0.0399. The standard InChI is InChI=1S/C12H7N3/c1-7-8(2-13-1)10-4-15-6-12(10)11-5-14-3-9(7)11/h1-5H,6H2. The second kappa shape index (κ2) is 2.31.